The topological polar surface area (TPSA) is 38.0 Å². The zero-order valence-corrected chi connectivity index (χ0v) is 6.99. The van der Waals surface area contributed by atoms with Crippen LogP contribution in [0, 0.1) is 6.92 Å². The number of nitrogens with zero attached hydrogens (tertiary/aromatic N) is 2. The first-order valence-corrected chi connectivity index (χ1v) is 3.86. The average Bonchev–Trinajstić information content (AvgIpc) is 2.31. The number of rotatable bonds is 3. The molecule has 11 heavy (non-hydrogen) atoms. The SMILES string of the molecule is Cc1nccn1CCC(C)O. The van der Waals surface area contributed by atoms with Gasteiger partial charge in [0.2, 0.25) is 0 Å². The molecule has 0 bridgehead atoms. The number of aryl methyl sites for hydroxylation is 2. The normalized spacial score (nSPS) is 13.4. The van der Waals surface area contributed by atoms with Crippen molar-refractivity contribution in [1.82, 2.24) is 9.55 Å². The molecule has 3 heteroatoms. The number of aliphatic hydroxyl groups is 1. The molecule has 1 aromatic rings. The molecule has 1 aromatic heterocycles. The Morgan fingerprint density at radius 2 is 2.45 bits per heavy atom. The van der Waals surface area contributed by atoms with E-state index < -0.39 is 0 Å². The maximum absolute atomic E-state index is 9.01. The van der Waals surface area contributed by atoms with E-state index in [2.05, 4.69) is 4.98 Å². The first kappa shape index (κ1) is 8.27. The minimum Gasteiger partial charge on any atom is -0.393 e. The Kier molecular flexibility index (Phi) is 2.65. The van der Waals surface area contributed by atoms with Crippen molar-refractivity contribution in [3.05, 3.63) is 18.2 Å². The third kappa shape index (κ3) is 2.35. The van der Waals surface area contributed by atoms with Gasteiger partial charge in [0.15, 0.2) is 0 Å². The number of hydrogen-bond acceptors (Lipinski definition) is 2. The number of aromatic nitrogens is 2. The van der Waals surface area contributed by atoms with Crippen molar-refractivity contribution in [2.24, 2.45) is 0 Å². The second-order valence-electron chi connectivity index (χ2n) is 2.81. The summed E-state index contributed by atoms with van der Waals surface area (Å²) in [7, 11) is 0. The molecular formula is C8H14N2O. The molecule has 0 spiro atoms. The van der Waals surface area contributed by atoms with Crippen molar-refractivity contribution < 1.29 is 5.11 Å². The first-order valence-electron chi connectivity index (χ1n) is 3.86. The van der Waals surface area contributed by atoms with Crippen LogP contribution >= 0.6 is 0 Å². The van der Waals surface area contributed by atoms with Crippen LogP contribution in [0.4, 0.5) is 0 Å². The van der Waals surface area contributed by atoms with Gasteiger partial charge in [-0.05, 0) is 20.3 Å². The Hall–Kier alpha value is -0.830. The highest BCUT2D eigenvalue weighted by Gasteiger charge is 1.98. The van der Waals surface area contributed by atoms with Crippen LogP contribution in [-0.4, -0.2) is 20.8 Å². The van der Waals surface area contributed by atoms with E-state index in [1.54, 1.807) is 13.1 Å². The molecule has 1 atom stereocenters. The second-order valence-corrected chi connectivity index (χ2v) is 2.81. The van der Waals surface area contributed by atoms with E-state index in [0.717, 1.165) is 18.8 Å². The Morgan fingerprint density at radius 1 is 1.73 bits per heavy atom. The van der Waals surface area contributed by atoms with Gasteiger partial charge < -0.3 is 9.67 Å². The molecule has 0 aromatic carbocycles. The fraction of sp³-hybridized carbons (Fsp3) is 0.625. The van der Waals surface area contributed by atoms with E-state index in [9.17, 15) is 0 Å². The summed E-state index contributed by atoms with van der Waals surface area (Å²) in [4.78, 5) is 4.08. The van der Waals surface area contributed by atoms with Crippen LogP contribution in [0.1, 0.15) is 19.2 Å². The lowest BCUT2D eigenvalue weighted by molar-refractivity contribution is 0.178. The van der Waals surface area contributed by atoms with E-state index in [0.29, 0.717) is 0 Å². The molecule has 0 amide bonds. The van der Waals surface area contributed by atoms with Crippen molar-refractivity contribution in [2.45, 2.75) is 32.9 Å². The minimum absolute atomic E-state index is 0.225. The van der Waals surface area contributed by atoms with Crippen LogP contribution in [0.5, 0.6) is 0 Å². The third-order valence-electron chi connectivity index (χ3n) is 1.71. The lowest BCUT2D eigenvalue weighted by atomic mass is 10.3. The Labute approximate surface area is 66.7 Å². The lowest BCUT2D eigenvalue weighted by Gasteiger charge is -2.05. The van der Waals surface area contributed by atoms with Gasteiger partial charge >= 0.3 is 0 Å². The lowest BCUT2D eigenvalue weighted by Crippen LogP contribution is -2.07. The molecule has 0 aliphatic rings. The summed E-state index contributed by atoms with van der Waals surface area (Å²) in [6.45, 7) is 4.61. The molecule has 0 radical (unpaired) electrons. The van der Waals surface area contributed by atoms with Crippen LogP contribution < -0.4 is 0 Å². The van der Waals surface area contributed by atoms with Crippen molar-refractivity contribution in [2.75, 3.05) is 0 Å². The van der Waals surface area contributed by atoms with Gasteiger partial charge in [0, 0.05) is 18.9 Å². The van der Waals surface area contributed by atoms with Crippen LogP contribution in [0.2, 0.25) is 0 Å². The fourth-order valence-corrected chi connectivity index (χ4v) is 0.966. The maximum atomic E-state index is 9.01. The predicted molar refractivity (Wildman–Crippen MR) is 43.3 cm³/mol. The van der Waals surface area contributed by atoms with Crippen molar-refractivity contribution >= 4 is 0 Å². The molecular weight excluding hydrogens is 140 g/mol. The molecule has 1 rings (SSSR count). The van der Waals surface area contributed by atoms with Gasteiger partial charge in [0.25, 0.3) is 0 Å². The molecule has 62 valence electrons. The summed E-state index contributed by atoms with van der Waals surface area (Å²) in [6.07, 6.45) is 4.27. The molecule has 0 saturated heterocycles. The van der Waals surface area contributed by atoms with Gasteiger partial charge in [-0.2, -0.15) is 0 Å². The molecule has 0 aliphatic carbocycles. The standard InChI is InChI=1S/C8H14N2O/c1-7(11)3-5-10-6-4-9-8(10)2/h4,6-7,11H,3,5H2,1-2H3. The van der Waals surface area contributed by atoms with E-state index in [1.807, 2.05) is 17.7 Å². The Balaban J connectivity index is 2.44. The summed E-state index contributed by atoms with van der Waals surface area (Å²) in [5, 5.41) is 9.01. The van der Waals surface area contributed by atoms with Gasteiger partial charge in [0.1, 0.15) is 5.82 Å². The molecule has 1 heterocycles. The monoisotopic (exact) mass is 154 g/mol. The van der Waals surface area contributed by atoms with Crippen LogP contribution in [0.25, 0.3) is 0 Å². The van der Waals surface area contributed by atoms with Gasteiger partial charge in [-0.1, -0.05) is 0 Å². The van der Waals surface area contributed by atoms with Gasteiger partial charge in [-0.3, -0.25) is 0 Å². The Morgan fingerprint density at radius 3 is 2.91 bits per heavy atom. The summed E-state index contributed by atoms with van der Waals surface area (Å²) < 4.78 is 2.03. The fourth-order valence-electron chi connectivity index (χ4n) is 0.966. The van der Waals surface area contributed by atoms with Crippen LogP contribution in [-0.2, 0) is 6.54 Å². The van der Waals surface area contributed by atoms with E-state index >= 15 is 0 Å². The van der Waals surface area contributed by atoms with Crippen LogP contribution in [0.3, 0.4) is 0 Å². The highest BCUT2D eigenvalue weighted by atomic mass is 16.3. The number of imidazole rings is 1. The zero-order chi connectivity index (χ0) is 8.27. The highest BCUT2D eigenvalue weighted by molar-refractivity contribution is 4.88. The molecule has 0 fully saturated rings. The first-order chi connectivity index (χ1) is 5.20. The summed E-state index contributed by atoms with van der Waals surface area (Å²) in [6, 6.07) is 0. The molecule has 1 unspecified atom stereocenters. The highest BCUT2D eigenvalue weighted by Crippen LogP contribution is 1.99. The molecule has 0 saturated carbocycles. The van der Waals surface area contributed by atoms with Crippen molar-refractivity contribution in [1.29, 1.82) is 0 Å². The number of aliphatic hydroxyl groups excluding tert-OH is 1. The summed E-state index contributed by atoms with van der Waals surface area (Å²) in [5.41, 5.74) is 0. The van der Waals surface area contributed by atoms with Gasteiger partial charge in [-0.25, -0.2) is 4.98 Å². The zero-order valence-electron chi connectivity index (χ0n) is 6.99. The van der Waals surface area contributed by atoms with Gasteiger partial charge in [0.05, 0.1) is 6.10 Å². The quantitative estimate of drug-likeness (QED) is 0.704. The smallest absolute Gasteiger partial charge is 0.105 e. The van der Waals surface area contributed by atoms with E-state index in [-0.39, 0.29) is 6.10 Å². The van der Waals surface area contributed by atoms with Crippen molar-refractivity contribution in [3.63, 3.8) is 0 Å². The summed E-state index contributed by atoms with van der Waals surface area (Å²) >= 11 is 0. The predicted octanol–water partition coefficient (Wildman–Crippen LogP) is 0.962. The molecule has 0 aliphatic heterocycles. The maximum Gasteiger partial charge on any atom is 0.105 e. The Bertz CT molecular complexity index is 218. The van der Waals surface area contributed by atoms with E-state index in [1.165, 1.54) is 0 Å². The van der Waals surface area contributed by atoms with Gasteiger partial charge in [-0.15, -0.1) is 0 Å². The molecule has 1 N–H and O–H groups in total. The second kappa shape index (κ2) is 3.53. The van der Waals surface area contributed by atoms with E-state index in [4.69, 9.17) is 5.11 Å². The largest absolute Gasteiger partial charge is 0.393 e. The van der Waals surface area contributed by atoms with Crippen LogP contribution in [0.15, 0.2) is 12.4 Å². The minimum atomic E-state index is -0.225. The third-order valence-corrected chi connectivity index (χ3v) is 1.71. The van der Waals surface area contributed by atoms with Crippen molar-refractivity contribution in [3.8, 4) is 0 Å². The average molecular weight is 154 g/mol. The number of hydrogen-bond donors (Lipinski definition) is 1. The summed E-state index contributed by atoms with van der Waals surface area (Å²) in [5.74, 6) is 1.01. The molecule has 3 nitrogen and oxygen atoms in total.